The fourth-order valence-corrected chi connectivity index (χ4v) is 2.41. The van der Waals surface area contributed by atoms with E-state index >= 15 is 0 Å². The van der Waals surface area contributed by atoms with Crippen molar-refractivity contribution in [1.82, 2.24) is 0 Å². The van der Waals surface area contributed by atoms with Gasteiger partial charge in [0, 0.05) is 21.5 Å². The number of carboxylic acids is 1. The van der Waals surface area contributed by atoms with Crippen LogP contribution in [0.15, 0.2) is 66.8 Å². The third-order valence-electron chi connectivity index (χ3n) is 3.46. The summed E-state index contributed by atoms with van der Waals surface area (Å²) in [4.78, 5) is 11.1. The van der Waals surface area contributed by atoms with Crippen LogP contribution in [0.3, 0.4) is 0 Å². The lowest BCUT2D eigenvalue weighted by molar-refractivity contribution is -0.132. The van der Waals surface area contributed by atoms with Gasteiger partial charge in [-0.15, -0.1) is 0 Å². The number of hydrogen-bond donors (Lipinski definition) is 1. The van der Waals surface area contributed by atoms with Gasteiger partial charge >= 0.3 is 5.97 Å². The first-order valence-electron chi connectivity index (χ1n) is 7.06. The first-order valence-corrected chi connectivity index (χ1v) is 7.81. The molecule has 1 unspecified atom stereocenters. The summed E-state index contributed by atoms with van der Waals surface area (Å²) in [5.74, 6) is -1.07. The van der Waals surface area contributed by atoms with E-state index in [0.29, 0.717) is 16.5 Å². The number of carbonyl (C=O) groups is 1. The Morgan fingerprint density at radius 2 is 1.57 bits per heavy atom. The minimum absolute atomic E-state index is 0.0912. The highest BCUT2D eigenvalue weighted by molar-refractivity contribution is 6.30. The van der Waals surface area contributed by atoms with E-state index in [1.54, 1.807) is 12.1 Å². The maximum absolute atomic E-state index is 11.1. The second-order valence-corrected chi connectivity index (χ2v) is 6.05. The molecule has 0 bridgehead atoms. The quantitative estimate of drug-likeness (QED) is 0.669. The van der Waals surface area contributed by atoms with E-state index in [2.05, 4.69) is 6.58 Å². The minimum Gasteiger partial charge on any atom is -0.478 e. The first-order chi connectivity index (χ1) is 11.0. The lowest BCUT2D eigenvalue weighted by atomic mass is 9.91. The second kappa shape index (κ2) is 8.00. The number of halogens is 2. The van der Waals surface area contributed by atoms with Crippen LogP contribution >= 0.6 is 23.2 Å². The highest BCUT2D eigenvalue weighted by Crippen LogP contribution is 2.27. The summed E-state index contributed by atoms with van der Waals surface area (Å²) < 4.78 is 0. The summed E-state index contributed by atoms with van der Waals surface area (Å²) in [6.45, 7) is 3.63. The molecule has 0 heterocycles. The van der Waals surface area contributed by atoms with Crippen LogP contribution < -0.4 is 0 Å². The van der Waals surface area contributed by atoms with E-state index in [0.717, 1.165) is 11.1 Å². The molecule has 118 valence electrons. The Bertz CT molecular complexity index is 716. The van der Waals surface area contributed by atoms with Gasteiger partial charge in [-0.25, -0.2) is 4.79 Å². The largest absolute Gasteiger partial charge is 0.478 e. The Balaban J connectivity index is 2.25. The molecule has 0 radical (unpaired) electrons. The third kappa shape index (κ3) is 5.27. The number of benzene rings is 2. The zero-order valence-electron chi connectivity index (χ0n) is 12.4. The lowest BCUT2D eigenvalue weighted by Crippen LogP contribution is -2.04. The van der Waals surface area contributed by atoms with Gasteiger partial charge in [-0.1, -0.05) is 66.2 Å². The van der Waals surface area contributed by atoms with Crippen LogP contribution in [-0.4, -0.2) is 11.1 Å². The van der Waals surface area contributed by atoms with Crippen molar-refractivity contribution in [1.29, 1.82) is 0 Å². The van der Waals surface area contributed by atoms with Crippen molar-refractivity contribution in [2.24, 2.45) is 0 Å². The summed E-state index contributed by atoms with van der Waals surface area (Å²) in [6.07, 6.45) is 4.26. The normalized spacial score (nSPS) is 12.3. The smallest absolute Gasteiger partial charge is 0.330 e. The number of rotatable bonds is 6. The molecule has 0 saturated heterocycles. The highest BCUT2D eigenvalue weighted by Gasteiger charge is 2.14. The van der Waals surface area contributed by atoms with Gasteiger partial charge in [0.15, 0.2) is 0 Å². The predicted molar refractivity (Wildman–Crippen MR) is 96.1 cm³/mol. The molecular weight excluding hydrogens is 331 g/mol. The van der Waals surface area contributed by atoms with Crippen molar-refractivity contribution < 1.29 is 9.90 Å². The van der Waals surface area contributed by atoms with Gasteiger partial charge in [0.05, 0.1) is 0 Å². The van der Waals surface area contributed by atoms with Gasteiger partial charge in [-0.05, 0) is 41.8 Å². The molecule has 0 saturated carbocycles. The highest BCUT2D eigenvalue weighted by atomic mass is 35.5. The average Bonchev–Trinajstić information content (AvgIpc) is 2.53. The van der Waals surface area contributed by atoms with Crippen molar-refractivity contribution in [3.8, 4) is 0 Å². The van der Waals surface area contributed by atoms with Crippen molar-refractivity contribution in [2.75, 3.05) is 0 Å². The van der Waals surface area contributed by atoms with Gasteiger partial charge in [0.1, 0.15) is 0 Å². The Kier molecular flexibility index (Phi) is 6.03. The Labute approximate surface area is 145 Å². The van der Waals surface area contributed by atoms with Crippen LogP contribution in [0.5, 0.6) is 0 Å². The molecule has 23 heavy (non-hydrogen) atoms. The van der Waals surface area contributed by atoms with E-state index in [1.807, 2.05) is 48.6 Å². The number of carboxylic acid groups (broad SMARTS) is 1. The molecule has 0 aliphatic rings. The van der Waals surface area contributed by atoms with E-state index in [4.69, 9.17) is 28.3 Å². The summed E-state index contributed by atoms with van der Waals surface area (Å²) in [5, 5.41) is 10.4. The lowest BCUT2D eigenvalue weighted by Gasteiger charge is -2.13. The molecule has 0 spiro atoms. The summed E-state index contributed by atoms with van der Waals surface area (Å²) >= 11 is 11.8. The van der Waals surface area contributed by atoms with Crippen LogP contribution in [0.4, 0.5) is 0 Å². The average molecular weight is 347 g/mol. The molecule has 4 heteroatoms. The van der Waals surface area contributed by atoms with Crippen LogP contribution in [0.25, 0.3) is 6.08 Å². The van der Waals surface area contributed by atoms with E-state index in [9.17, 15) is 4.79 Å². The molecule has 0 amide bonds. The molecule has 1 atom stereocenters. The summed E-state index contributed by atoms with van der Waals surface area (Å²) in [7, 11) is 0. The molecule has 2 aromatic rings. The van der Waals surface area contributed by atoms with Gasteiger partial charge in [0.25, 0.3) is 0 Å². The predicted octanol–water partition coefficient (Wildman–Crippen LogP) is 5.82. The van der Waals surface area contributed by atoms with Crippen LogP contribution in [-0.2, 0) is 4.79 Å². The fraction of sp³-hybridized carbons (Fsp3) is 0.105. The maximum atomic E-state index is 11.1. The van der Waals surface area contributed by atoms with Crippen molar-refractivity contribution >= 4 is 35.2 Å². The van der Waals surface area contributed by atoms with E-state index in [-0.39, 0.29) is 11.5 Å². The van der Waals surface area contributed by atoms with Crippen LogP contribution in [0, 0.1) is 0 Å². The van der Waals surface area contributed by atoms with Crippen molar-refractivity contribution in [2.45, 2.75) is 12.3 Å². The third-order valence-corrected chi connectivity index (χ3v) is 3.96. The molecule has 0 fully saturated rings. The van der Waals surface area contributed by atoms with Crippen molar-refractivity contribution in [3.63, 3.8) is 0 Å². The monoisotopic (exact) mass is 346 g/mol. The minimum atomic E-state index is -0.983. The van der Waals surface area contributed by atoms with Crippen LogP contribution in [0.1, 0.15) is 23.5 Å². The van der Waals surface area contributed by atoms with E-state index in [1.165, 1.54) is 0 Å². The molecule has 1 N–H and O–H groups in total. The summed E-state index contributed by atoms with van der Waals surface area (Å²) in [6, 6.07) is 14.8. The zero-order chi connectivity index (χ0) is 16.8. The Morgan fingerprint density at radius 3 is 2.09 bits per heavy atom. The number of allylic oxidation sites excluding steroid dienone is 1. The van der Waals surface area contributed by atoms with Gasteiger partial charge in [-0.2, -0.15) is 0 Å². The molecule has 2 rings (SSSR count). The standard InChI is InChI=1S/C19H16Cl2O2/c1-13(19(22)23)12-16(15-6-10-18(21)11-7-15)5-2-14-3-8-17(20)9-4-14/h2-11,16H,1,12H2,(H,22,23). The van der Waals surface area contributed by atoms with E-state index < -0.39 is 5.97 Å². The van der Waals surface area contributed by atoms with Gasteiger partial charge in [0.2, 0.25) is 0 Å². The molecule has 2 aromatic carbocycles. The maximum Gasteiger partial charge on any atom is 0.330 e. The topological polar surface area (TPSA) is 37.3 Å². The fourth-order valence-electron chi connectivity index (χ4n) is 2.16. The molecular formula is C19H16Cl2O2. The molecule has 2 nitrogen and oxygen atoms in total. The first kappa shape index (κ1) is 17.3. The van der Waals surface area contributed by atoms with Gasteiger partial charge in [-0.3, -0.25) is 0 Å². The Hall–Kier alpha value is -2.03. The SMILES string of the molecule is C=C(CC(C=Cc1ccc(Cl)cc1)c1ccc(Cl)cc1)C(=O)O. The zero-order valence-corrected chi connectivity index (χ0v) is 13.9. The van der Waals surface area contributed by atoms with Crippen molar-refractivity contribution in [3.05, 3.63) is 87.9 Å². The number of aliphatic carboxylic acids is 1. The molecule has 0 aliphatic carbocycles. The van der Waals surface area contributed by atoms with Crippen LogP contribution in [0.2, 0.25) is 10.0 Å². The molecule has 0 aliphatic heterocycles. The second-order valence-electron chi connectivity index (χ2n) is 5.18. The van der Waals surface area contributed by atoms with Gasteiger partial charge < -0.3 is 5.11 Å². The Morgan fingerprint density at radius 1 is 1.04 bits per heavy atom. The number of hydrogen-bond acceptors (Lipinski definition) is 1. The molecule has 0 aromatic heterocycles. The summed E-state index contributed by atoms with van der Waals surface area (Å²) in [5.41, 5.74) is 2.15.